The molecule has 0 radical (unpaired) electrons. The third-order valence-corrected chi connectivity index (χ3v) is 13.5. The average Bonchev–Trinajstić information content (AvgIpc) is 4.05. The first kappa shape index (κ1) is 35.4. The van der Waals surface area contributed by atoms with E-state index in [0.717, 1.165) is 66.5 Å². The summed E-state index contributed by atoms with van der Waals surface area (Å²) in [7, 11) is 0. The molecule has 0 spiro atoms. The monoisotopic (exact) mass is 818 g/mol. The summed E-state index contributed by atoms with van der Waals surface area (Å²) in [5, 5.41) is 7.74. The lowest BCUT2D eigenvalue weighted by Gasteiger charge is -2.25. The maximum absolute atomic E-state index is 5.03. The molecular weight excluding hydrogens is 785 g/mol. The van der Waals surface area contributed by atoms with Gasteiger partial charge in [0.1, 0.15) is 5.01 Å². The Hall–Kier alpha value is -7.52. The van der Waals surface area contributed by atoms with Gasteiger partial charge >= 0.3 is 0 Å². The molecule has 8 heteroatoms. The van der Waals surface area contributed by atoms with Gasteiger partial charge in [-0.1, -0.05) is 72.8 Å². The van der Waals surface area contributed by atoms with Crippen LogP contribution in [0.1, 0.15) is 11.7 Å². The fourth-order valence-corrected chi connectivity index (χ4v) is 10.6. The van der Waals surface area contributed by atoms with Crippen LogP contribution in [-0.4, -0.2) is 9.97 Å². The van der Waals surface area contributed by atoms with Gasteiger partial charge in [-0.2, -0.15) is 0 Å². The summed E-state index contributed by atoms with van der Waals surface area (Å²) >= 11 is 3.56. The summed E-state index contributed by atoms with van der Waals surface area (Å²) in [5.41, 5.74) is 9.56. The van der Waals surface area contributed by atoms with E-state index in [-0.39, 0.29) is 6.17 Å². The molecule has 0 N–H and O–H groups in total. The molecule has 1 unspecified atom stereocenters. The Morgan fingerprint density at radius 2 is 1.10 bits per heavy atom. The first-order valence-electron chi connectivity index (χ1n) is 20.2. The van der Waals surface area contributed by atoms with Crippen LogP contribution in [-0.2, 0) is 0 Å². The fourth-order valence-electron chi connectivity index (χ4n) is 8.41. The molecule has 1 aliphatic rings. The predicted molar refractivity (Wildman–Crippen MR) is 254 cm³/mol. The van der Waals surface area contributed by atoms with Gasteiger partial charge in [-0.15, -0.1) is 22.7 Å². The first-order valence-corrected chi connectivity index (χ1v) is 21.8. The molecule has 3 aromatic heterocycles. The minimum atomic E-state index is -0.224. The molecule has 0 bridgehead atoms. The van der Waals surface area contributed by atoms with E-state index in [0.29, 0.717) is 0 Å². The zero-order valence-corrected chi connectivity index (χ0v) is 34.3. The molecule has 61 heavy (non-hydrogen) atoms. The molecule has 11 aromatic rings. The topological polar surface area (TPSA) is 57.0 Å². The standard InChI is InChI=1S/C53H34N6S2/c1-3-10-34(11-4-1)52-55-46-26-24-41(31-48(46)56-52)58(38-12-5-2-6-13-38)40-22-19-36-29-45-44-25-23-42(32-51(44)60-50(45)30-37(36)28-40)59(43-14-9-27-54-33-43)39-20-17-35(18-21-39)53-57-47-15-7-8-16-49(47)61-53/h1-33,52H. The van der Waals surface area contributed by atoms with Crippen LogP contribution in [0.25, 0.3) is 51.7 Å². The molecule has 288 valence electrons. The van der Waals surface area contributed by atoms with Gasteiger partial charge in [0.25, 0.3) is 0 Å². The lowest BCUT2D eigenvalue weighted by Crippen LogP contribution is -2.23. The normalized spacial score (nSPS) is 13.3. The van der Waals surface area contributed by atoms with Crippen molar-refractivity contribution in [1.29, 1.82) is 0 Å². The number of thiazole rings is 1. The molecule has 0 saturated heterocycles. The van der Waals surface area contributed by atoms with Crippen LogP contribution in [0, 0.1) is 0 Å². The lowest BCUT2D eigenvalue weighted by atomic mass is 10.0. The highest BCUT2D eigenvalue weighted by Crippen LogP contribution is 2.43. The molecule has 6 nitrogen and oxygen atoms in total. The Morgan fingerprint density at radius 3 is 1.93 bits per heavy atom. The Morgan fingerprint density at radius 1 is 0.426 bits per heavy atom. The number of hydrogen-bond donors (Lipinski definition) is 0. The van der Waals surface area contributed by atoms with E-state index in [1.807, 2.05) is 54.1 Å². The van der Waals surface area contributed by atoms with Crippen molar-refractivity contribution >= 4 is 98.0 Å². The minimum absolute atomic E-state index is 0.224. The smallest absolute Gasteiger partial charge is 0.166 e. The van der Waals surface area contributed by atoms with Gasteiger partial charge in [0.15, 0.2) is 6.17 Å². The SMILES string of the molecule is c1ccc(C2N=c3ccc(N(c4ccccc4)c4ccc5cc6c(cc5c4)sc4cc(N(c5ccc(-c7nc8ccccc8s7)cc5)c5cccnc5)ccc46)cc3=N2)cc1. The van der Waals surface area contributed by atoms with E-state index in [1.54, 1.807) is 11.3 Å². The van der Waals surface area contributed by atoms with Crippen molar-refractivity contribution in [2.45, 2.75) is 6.17 Å². The number of rotatable bonds is 8. The van der Waals surface area contributed by atoms with Gasteiger partial charge in [0, 0.05) is 60.4 Å². The quantitative estimate of drug-likeness (QED) is 0.153. The Bertz CT molecular complexity index is 3520. The summed E-state index contributed by atoms with van der Waals surface area (Å²) in [5.74, 6) is 0. The third-order valence-electron chi connectivity index (χ3n) is 11.3. The van der Waals surface area contributed by atoms with Crippen LogP contribution >= 0.6 is 22.7 Å². The van der Waals surface area contributed by atoms with Crippen molar-refractivity contribution in [2.75, 3.05) is 9.80 Å². The second-order valence-electron chi connectivity index (χ2n) is 15.1. The zero-order valence-electron chi connectivity index (χ0n) is 32.6. The zero-order chi connectivity index (χ0) is 40.3. The fraction of sp³-hybridized carbons (Fsp3) is 0.0189. The van der Waals surface area contributed by atoms with E-state index < -0.39 is 0 Å². The number of nitrogens with zero attached hydrogens (tertiary/aromatic N) is 6. The molecule has 1 atom stereocenters. The molecule has 0 fully saturated rings. The number of para-hydroxylation sites is 2. The Labute approximate surface area is 359 Å². The molecule has 12 rings (SSSR count). The van der Waals surface area contributed by atoms with Gasteiger partial charge in [0.2, 0.25) is 0 Å². The van der Waals surface area contributed by atoms with Gasteiger partial charge in [-0.25, -0.2) is 4.98 Å². The molecular formula is C53H34N6S2. The summed E-state index contributed by atoms with van der Waals surface area (Å²) in [6.07, 6.45) is 3.52. The maximum Gasteiger partial charge on any atom is 0.166 e. The summed E-state index contributed by atoms with van der Waals surface area (Å²) in [4.78, 5) is 24.0. The van der Waals surface area contributed by atoms with E-state index >= 15 is 0 Å². The van der Waals surface area contributed by atoms with Gasteiger partial charge in [0.05, 0.1) is 32.8 Å². The number of hydrogen-bond acceptors (Lipinski definition) is 8. The van der Waals surface area contributed by atoms with E-state index in [2.05, 4.69) is 173 Å². The molecule has 0 aliphatic carbocycles. The largest absolute Gasteiger partial charge is 0.310 e. The van der Waals surface area contributed by atoms with Crippen LogP contribution in [0.5, 0.6) is 0 Å². The van der Waals surface area contributed by atoms with Crippen molar-refractivity contribution in [3.8, 4) is 10.6 Å². The number of pyridine rings is 1. The third kappa shape index (κ3) is 6.41. The molecule has 0 amide bonds. The van der Waals surface area contributed by atoms with E-state index in [4.69, 9.17) is 15.0 Å². The van der Waals surface area contributed by atoms with Crippen molar-refractivity contribution in [2.24, 2.45) is 9.98 Å². The second kappa shape index (κ2) is 14.6. The number of thiophene rings is 1. The van der Waals surface area contributed by atoms with Gasteiger partial charge in [-0.05, 0) is 132 Å². The van der Waals surface area contributed by atoms with Crippen LogP contribution in [0.4, 0.5) is 34.1 Å². The van der Waals surface area contributed by atoms with Crippen LogP contribution in [0.2, 0.25) is 0 Å². The number of anilines is 6. The predicted octanol–water partition coefficient (Wildman–Crippen LogP) is 13.8. The minimum Gasteiger partial charge on any atom is -0.310 e. The first-order chi connectivity index (χ1) is 30.2. The van der Waals surface area contributed by atoms with Gasteiger partial charge in [-0.3, -0.25) is 15.0 Å². The highest BCUT2D eigenvalue weighted by Gasteiger charge is 2.19. The van der Waals surface area contributed by atoms with Crippen LogP contribution < -0.4 is 20.5 Å². The van der Waals surface area contributed by atoms with E-state index in [9.17, 15) is 0 Å². The number of benzene rings is 8. The summed E-state index contributed by atoms with van der Waals surface area (Å²) < 4.78 is 3.68. The Kier molecular flexibility index (Phi) is 8.50. The van der Waals surface area contributed by atoms with E-state index in [1.165, 1.54) is 35.6 Å². The number of aromatic nitrogens is 2. The lowest BCUT2D eigenvalue weighted by molar-refractivity contribution is 0.771. The average molecular weight is 819 g/mol. The van der Waals surface area contributed by atoms with Crippen LogP contribution in [0.3, 0.4) is 0 Å². The highest BCUT2D eigenvalue weighted by molar-refractivity contribution is 7.26. The van der Waals surface area contributed by atoms with Crippen molar-refractivity contribution in [3.05, 3.63) is 217 Å². The highest BCUT2D eigenvalue weighted by atomic mass is 32.1. The summed E-state index contributed by atoms with van der Waals surface area (Å²) in [6.45, 7) is 0. The Balaban J connectivity index is 0.916. The van der Waals surface area contributed by atoms with Crippen molar-refractivity contribution < 1.29 is 0 Å². The molecule has 1 aliphatic heterocycles. The molecule has 8 aromatic carbocycles. The number of fused-ring (bicyclic) bond motifs is 6. The maximum atomic E-state index is 5.03. The van der Waals surface area contributed by atoms with Crippen molar-refractivity contribution in [3.63, 3.8) is 0 Å². The summed E-state index contributed by atoms with van der Waals surface area (Å²) in [6, 6.07) is 66.7. The molecule has 4 heterocycles. The second-order valence-corrected chi connectivity index (χ2v) is 17.2. The van der Waals surface area contributed by atoms with Gasteiger partial charge < -0.3 is 9.80 Å². The van der Waals surface area contributed by atoms with Crippen molar-refractivity contribution in [1.82, 2.24) is 9.97 Å². The molecule has 0 saturated carbocycles. The van der Waals surface area contributed by atoms with Crippen LogP contribution in [0.15, 0.2) is 210 Å².